The molecule has 0 radical (unpaired) electrons. The first-order valence-electron chi connectivity index (χ1n) is 6.66. The Morgan fingerprint density at radius 3 is 2.48 bits per heavy atom. The van der Waals surface area contributed by atoms with Gasteiger partial charge in [0.15, 0.2) is 0 Å². The van der Waals surface area contributed by atoms with Crippen LogP contribution in [0.15, 0.2) is 24.3 Å². The van der Waals surface area contributed by atoms with Gasteiger partial charge in [0.05, 0.1) is 5.56 Å². The minimum absolute atomic E-state index is 0.292. The molecule has 2 rings (SSSR count). The van der Waals surface area contributed by atoms with Crippen LogP contribution in [0.5, 0.6) is 0 Å². The normalized spacial score (nSPS) is 10.3. The summed E-state index contributed by atoms with van der Waals surface area (Å²) in [6.45, 7) is 6.38. The number of aromatic nitrogens is 2. The van der Waals surface area contributed by atoms with E-state index in [2.05, 4.69) is 20.6 Å². The molecule has 0 unspecified atom stereocenters. The van der Waals surface area contributed by atoms with Gasteiger partial charge in [0.2, 0.25) is 5.95 Å². The quantitative estimate of drug-likeness (QED) is 0.908. The summed E-state index contributed by atoms with van der Waals surface area (Å²) in [7, 11) is 0. The third-order valence-electron chi connectivity index (χ3n) is 2.80. The van der Waals surface area contributed by atoms with Crippen LogP contribution in [0.25, 0.3) is 0 Å². The van der Waals surface area contributed by atoms with Gasteiger partial charge in [-0.1, -0.05) is 11.6 Å². The summed E-state index contributed by atoms with van der Waals surface area (Å²) in [5.41, 5.74) is 2.79. The summed E-state index contributed by atoms with van der Waals surface area (Å²) in [6.07, 6.45) is 0. The molecular weight excluding hydrogens is 288 g/mol. The Morgan fingerprint density at radius 2 is 1.86 bits per heavy atom. The number of aryl methyl sites for hydroxylation is 2. The molecule has 0 saturated carbocycles. The van der Waals surface area contributed by atoms with Crippen molar-refractivity contribution in [2.24, 2.45) is 0 Å². The van der Waals surface area contributed by atoms with Gasteiger partial charge in [-0.25, -0.2) is 9.97 Å². The fourth-order valence-corrected chi connectivity index (χ4v) is 2.17. The van der Waals surface area contributed by atoms with E-state index in [4.69, 9.17) is 11.6 Å². The highest BCUT2D eigenvalue weighted by Crippen LogP contribution is 2.21. The summed E-state index contributed by atoms with van der Waals surface area (Å²) < 4.78 is 0. The van der Waals surface area contributed by atoms with Gasteiger partial charge in [0, 0.05) is 28.6 Å². The van der Waals surface area contributed by atoms with Gasteiger partial charge in [0.1, 0.15) is 0 Å². The number of hydrogen-bond acceptors (Lipinski definition) is 4. The number of benzene rings is 1. The monoisotopic (exact) mass is 304 g/mol. The number of amides is 1. The third kappa shape index (κ3) is 3.92. The molecule has 2 aromatic rings. The Morgan fingerprint density at radius 1 is 1.19 bits per heavy atom. The van der Waals surface area contributed by atoms with Crippen LogP contribution in [0, 0.1) is 13.8 Å². The van der Waals surface area contributed by atoms with Crippen LogP contribution in [0.2, 0.25) is 5.02 Å². The number of carbonyl (C=O) groups is 1. The first-order chi connectivity index (χ1) is 9.99. The van der Waals surface area contributed by atoms with Crippen molar-refractivity contribution < 1.29 is 4.79 Å². The molecule has 5 nitrogen and oxygen atoms in total. The summed E-state index contributed by atoms with van der Waals surface area (Å²) >= 11 is 5.98. The maximum Gasteiger partial charge on any atom is 0.260 e. The molecule has 1 heterocycles. The Balaban J connectivity index is 2.29. The lowest BCUT2D eigenvalue weighted by Crippen LogP contribution is -2.17. The number of nitrogens with one attached hydrogen (secondary N) is 2. The molecule has 1 amide bonds. The molecule has 0 saturated heterocycles. The summed E-state index contributed by atoms with van der Waals surface area (Å²) in [6, 6.07) is 6.99. The highest BCUT2D eigenvalue weighted by atomic mass is 35.5. The Bertz CT molecular complexity index is 652. The predicted octanol–water partition coefficient (Wildman–Crippen LogP) is 3.43. The van der Waals surface area contributed by atoms with E-state index in [9.17, 15) is 4.79 Å². The highest BCUT2D eigenvalue weighted by molar-refractivity contribution is 6.31. The van der Waals surface area contributed by atoms with Crippen molar-refractivity contribution in [1.29, 1.82) is 0 Å². The lowest BCUT2D eigenvalue weighted by molar-refractivity contribution is 0.102. The van der Waals surface area contributed by atoms with Gasteiger partial charge in [-0.15, -0.1) is 0 Å². The van der Waals surface area contributed by atoms with E-state index in [0.29, 0.717) is 23.1 Å². The van der Waals surface area contributed by atoms with E-state index in [0.717, 1.165) is 17.1 Å². The number of carbonyl (C=O) groups excluding carboxylic acids is 1. The predicted molar refractivity (Wildman–Crippen MR) is 85.1 cm³/mol. The molecule has 6 heteroatoms. The molecule has 0 atom stereocenters. The summed E-state index contributed by atoms with van der Waals surface area (Å²) in [4.78, 5) is 20.8. The van der Waals surface area contributed by atoms with Crippen LogP contribution >= 0.6 is 11.6 Å². The smallest absolute Gasteiger partial charge is 0.260 e. The SMILES string of the molecule is CCNc1ccc(Cl)cc1C(=O)Nc1nc(C)cc(C)n1. The number of nitrogens with zero attached hydrogens (tertiary/aromatic N) is 2. The third-order valence-corrected chi connectivity index (χ3v) is 3.04. The molecule has 2 N–H and O–H groups in total. The average Bonchev–Trinajstić information content (AvgIpc) is 2.39. The van der Waals surface area contributed by atoms with Gasteiger partial charge in [-0.3, -0.25) is 10.1 Å². The van der Waals surface area contributed by atoms with Crippen molar-refractivity contribution in [3.63, 3.8) is 0 Å². The zero-order valence-electron chi connectivity index (χ0n) is 12.2. The fraction of sp³-hybridized carbons (Fsp3) is 0.267. The minimum atomic E-state index is -0.293. The van der Waals surface area contributed by atoms with E-state index in [1.165, 1.54) is 0 Å². The molecular formula is C15H17ClN4O. The van der Waals surface area contributed by atoms with Crippen molar-refractivity contribution in [2.75, 3.05) is 17.2 Å². The molecule has 0 bridgehead atoms. The maximum absolute atomic E-state index is 12.4. The second-order valence-electron chi connectivity index (χ2n) is 4.65. The van der Waals surface area contributed by atoms with Crippen LogP contribution < -0.4 is 10.6 Å². The van der Waals surface area contributed by atoms with E-state index in [1.807, 2.05) is 26.8 Å². The summed E-state index contributed by atoms with van der Waals surface area (Å²) in [5, 5.41) is 6.34. The van der Waals surface area contributed by atoms with Crippen LogP contribution in [0.3, 0.4) is 0 Å². The summed E-state index contributed by atoms with van der Waals surface area (Å²) in [5.74, 6) is -0.00151. The first-order valence-corrected chi connectivity index (χ1v) is 7.04. The Kier molecular flexibility index (Phi) is 4.75. The van der Waals surface area contributed by atoms with Gasteiger partial charge in [0.25, 0.3) is 5.91 Å². The second-order valence-corrected chi connectivity index (χ2v) is 5.09. The van der Waals surface area contributed by atoms with Crippen LogP contribution in [0.4, 0.5) is 11.6 Å². The molecule has 0 fully saturated rings. The van der Waals surface area contributed by atoms with E-state index in [1.54, 1.807) is 18.2 Å². The van der Waals surface area contributed by atoms with Crippen molar-refractivity contribution in [3.05, 3.63) is 46.2 Å². The average molecular weight is 305 g/mol. The molecule has 1 aromatic heterocycles. The number of rotatable bonds is 4. The van der Waals surface area contributed by atoms with Crippen molar-refractivity contribution in [2.45, 2.75) is 20.8 Å². The van der Waals surface area contributed by atoms with Crippen molar-refractivity contribution in [3.8, 4) is 0 Å². The zero-order chi connectivity index (χ0) is 15.4. The number of hydrogen-bond donors (Lipinski definition) is 2. The Labute approximate surface area is 128 Å². The molecule has 0 aliphatic heterocycles. The molecule has 1 aromatic carbocycles. The molecule has 0 aliphatic carbocycles. The van der Waals surface area contributed by atoms with Gasteiger partial charge in [-0.05, 0) is 45.0 Å². The highest BCUT2D eigenvalue weighted by Gasteiger charge is 2.13. The van der Waals surface area contributed by atoms with Crippen LogP contribution in [-0.2, 0) is 0 Å². The van der Waals surface area contributed by atoms with E-state index < -0.39 is 0 Å². The number of halogens is 1. The van der Waals surface area contributed by atoms with E-state index >= 15 is 0 Å². The second kappa shape index (κ2) is 6.54. The molecule has 0 aliphatic rings. The standard InChI is InChI=1S/C15H17ClN4O/c1-4-17-13-6-5-11(16)8-12(13)14(21)20-15-18-9(2)7-10(3)19-15/h5-8,17H,4H2,1-3H3,(H,18,19,20,21). The topological polar surface area (TPSA) is 66.9 Å². The van der Waals surface area contributed by atoms with Gasteiger partial charge >= 0.3 is 0 Å². The van der Waals surface area contributed by atoms with E-state index in [-0.39, 0.29) is 5.91 Å². The van der Waals surface area contributed by atoms with Crippen molar-refractivity contribution in [1.82, 2.24) is 9.97 Å². The fourth-order valence-electron chi connectivity index (χ4n) is 2.00. The van der Waals surface area contributed by atoms with Gasteiger partial charge in [-0.2, -0.15) is 0 Å². The molecule has 21 heavy (non-hydrogen) atoms. The van der Waals surface area contributed by atoms with Crippen molar-refractivity contribution >= 4 is 29.1 Å². The Hall–Kier alpha value is -2.14. The lowest BCUT2D eigenvalue weighted by atomic mass is 10.1. The largest absolute Gasteiger partial charge is 0.385 e. The van der Waals surface area contributed by atoms with Crippen LogP contribution in [-0.4, -0.2) is 22.4 Å². The lowest BCUT2D eigenvalue weighted by Gasteiger charge is -2.11. The number of anilines is 2. The zero-order valence-corrected chi connectivity index (χ0v) is 13.0. The molecule has 110 valence electrons. The maximum atomic E-state index is 12.4. The molecule has 0 spiro atoms. The van der Waals surface area contributed by atoms with Gasteiger partial charge < -0.3 is 5.32 Å². The minimum Gasteiger partial charge on any atom is -0.385 e. The first kappa shape index (κ1) is 15.3. The van der Waals surface area contributed by atoms with Crippen LogP contribution in [0.1, 0.15) is 28.7 Å².